The second-order valence-electron chi connectivity index (χ2n) is 4.73. The van der Waals surface area contributed by atoms with Crippen LogP contribution in [0, 0.1) is 0 Å². The summed E-state index contributed by atoms with van der Waals surface area (Å²) in [5.41, 5.74) is 2.88. The predicted octanol–water partition coefficient (Wildman–Crippen LogP) is 2.50. The summed E-state index contributed by atoms with van der Waals surface area (Å²) in [4.78, 5) is 4.22. The van der Waals surface area contributed by atoms with Crippen LogP contribution in [-0.2, 0) is 6.42 Å². The van der Waals surface area contributed by atoms with Crippen LogP contribution in [0.15, 0.2) is 18.5 Å². The van der Waals surface area contributed by atoms with Crippen LogP contribution in [0.1, 0.15) is 43.7 Å². The second kappa shape index (κ2) is 4.75. The maximum absolute atomic E-state index is 4.22. The van der Waals surface area contributed by atoms with Crippen LogP contribution in [0.2, 0.25) is 0 Å². The molecule has 0 bridgehead atoms. The van der Waals surface area contributed by atoms with Crippen LogP contribution in [0.3, 0.4) is 0 Å². The molecule has 2 rings (SSSR count). The van der Waals surface area contributed by atoms with Gasteiger partial charge >= 0.3 is 0 Å². The van der Waals surface area contributed by atoms with Crippen LogP contribution in [0.4, 0.5) is 0 Å². The summed E-state index contributed by atoms with van der Waals surface area (Å²) in [5, 5.41) is 3.55. The lowest BCUT2D eigenvalue weighted by Gasteiger charge is -2.15. The summed E-state index contributed by atoms with van der Waals surface area (Å²) < 4.78 is 0. The van der Waals surface area contributed by atoms with Crippen molar-refractivity contribution in [1.29, 1.82) is 0 Å². The molecule has 0 saturated carbocycles. The van der Waals surface area contributed by atoms with Crippen molar-refractivity contribution in [3.05, 3.63) is 29.6 Å². The van der Waals surface area contributed by atoms with Crippen LogP contribution in [0.5, 0.6) is 0 Å². The van der Waals surface area contributed by atoms with Crippen LogP contribution in [-0.4, -0.2) is 17.6 Å². The number of rotatable bonds is 3. The lowest BCUT2D eigenvalue weighted by molar-refractivity contribution is 0.597. The third kappa shape index (κ3) is 2.57. The second-order valence-corrected chi connectivity index (χ2v) is 4.73. The molecule has 1 aliphatic heterocycles. The molecule has 0 spiro atoms. The van der Waals surface area contributed by atoms with Crippen LogP contribution < -0.4 is 5.32 Å². The van der Waals surface area contributed by atoms with Gasteiger partial charge in [0.25, 0.3) is 0 Å². The fourth-order valence-electron chi connectivity index (χ4n) is 2.34. The van der Waals surface area contributed by atoms with E-state index in [1.165, 1.54) is 30.5 Å². The quantitative estimate of drug-likeness (QED) is 0.818. The SMILES string of the molecule is CC(C)c1cnccc1CC1CCCN1. The summed E-state index contributed by atoms with van der Waals surface area (Å²) in [6.45, 7) is 5.66. The number of aromatic nitrogens is 1. The van der Waals surface area contributed by atoms with Gasteiger partial charge in [-0.05, 0) is 48.9 Å². The fourth-order valence-corrected chi connectivity index (χ4v) is 2.34. The van der Waals surface area contributed by atoms with Gasteiger partial charge in [-0.25, -0.2) is 0 Å². The van der Waals surface area contributed by atoms with Gasteiger partial charge in [-0.1, -0.05) is 13.8 Å². The molecule has 1 N–H and O–H groups in total. The molecule has 2 heterocycles. The zero-order chi connectivity index (χ0) is 10.7. The van der Waals surface area contributed by atoms with Crippen molar-refractivity contribution in [1.82, 2.24) is 10.3 Å². The van der Waals surface area contributed by atoms with Gasteiger partial charge in [0.05, 0.1) is 0 Å². The summed E-state index contributed by atoms with van der Waals surface area (Å²) >= 11 is 0. The highest BCUT2D eigenvalue weighted by Gasteiger charge is 2.16. The van der Waals surface area contributed by atoms with E-state index in [0.717, 1.165) is 6.42 Å². The molecular formula is C13H20N2. The van der Waals surface area contributed by atoms with Crippen molar-refractivity contribution in [2.24, 2.45) is 0 Å². The van der Waals surface area contributed by atoms with E-state index in [-0.39, 0.29) is 0 Å². The summed E-state index contributed by atoms with van der Waals surface area (Å²) in [6, 6.07) is 2.86. The van der Waals surface area contributed by atoms with Gasteiger partial charge in [-0.15, -0.1) is 0 Å². The van der Waals surface area contributed by atoms with Crippen molar-refractivity contribution in [2.45, 2.75) is 45.1 Å². The van der Waals surface area contributed by atoms with E-state index in [2.05, 4.69) is 30.2 Å². The Morgan fingerprint density at radius 2 is 2.40 bits per heavy atom. The molecule has 1 aromatic rings. The molecule has 2 heteroatoms. The molecule has 0 aromatic carbocycles. The standard InChI is InChI=1S/C13H20N2/c1-10(2)13-9-14-7-5-11(13)8-12-4-3-6-15-12/h5,7,9-10,12,15H,3-4,6,8H2,1-2H3. The van der Waals surface area contributed by atoms with Gasteiger partial charge in [-0.3, -0.25) is 4.98 Å². The number of hydrogen-bond donors (Lipinski definition) is 1. The number of nitrogens with zero attached hydrogens (tertiary/aromatic N) is 1. The minimum atomic E-state index is 0.579. The first kappa shape index (κ1) is 10.6. The average Bonchev–Trinajstić information content (AvgIpc) is 2.71. The van der Waals surface area contributed by atoms with E-state index < -0.39 is 0 Å². The Balaban J connectivity index is 2.12. The average molecular weight is 204 g/mol. The predicted molar refractivity (Wildman–Crippen MR) is 63.1 cm³/mol. The van der Waals surface area contributed by atoms with Gasteiger partial charge in [-0.2, -0.15) is 0 Å². The van der Waals surface area contributed by atoms with E-state index in [1.54, 1.807) is 0 Å². The van der Waals surface area contributed by atoms with Gasteiger partial charge in [0, 0.05) is 18.4 Å². The molecule has 15 heavy (non-hydrogen) atoms. The minimum Gasteiger partial charge on any atom is -0.314 e. The molecular weight excluding hydrogens is 184 g/mol. The molecule has 0 amide bonds. The van der Waals surface area contributed by atoms with Crippen molar-refractivity contribution < 1.29 is 0 Å². The van der Waals surface area contributed by atoms with Gasteiger partial charge < -0.3 is 5.32 Å². The highest BCUT2D eigenvalue weighted by atomic mass is 14.9. The molecule has 1 saturated heterocycles. The van der Waals surface area contributed by atoms with E-state index in [9.17, 15) is 0 Å². The highest BCUT2D eigenvalue weighted by Crippen LogP contribution is 2.21. The molecule has 2 nitrogen and oxygen atoms in total. The topological polar surface area (TPSA) is 24.9 Å². The normalized spacial score (nSPS) is 21.1. The van der Waals surface area contributed by atoms with Gasteiger partial charge in [0.15, 0.2) is 0 Å². The van der Waals surface area contributed by atoms with E-state index >= 15 is 0 Å². The maximum atomic E-state index is 4.22. The fraction of sp³-hybridized carbons (Fsp3) is 0.615. The van der Waals surface area contributed by atoms with E-state index in [1.807, 2.05) is 12.4 Å². The summed E-state index contributed by atoms with van der Waals surface area (Å²) in [5.74, 6) is 0.579. The molecule has 0 aliphatic carbocycles. The van der Waals surface area contributed by atoms with Crippen molar-refractivity contribution >= 4 is 0 Å². The van der Waals surface area contributed by atoms with Crippen molar-refractivity contribution in [3.63, 3.8) is 0 Å². The zero-order valence-electron chi connectivity index (χ0n) is 9.66. The minimum absolute atomic E-state index is 0.579. The molecule has 1 unspecified atom stereocenters. The highest BCUT2D eigenvalue weighted by molar-refractivity contribution is 5.27. The summed E-state index contributed by atoms with van der Waals surface area (Å²) in [6.07, 6.45) is 7.74. The molecule has 1 aromatic heterocycles. The number of nitrogens with one attached hydrogen (secondary N) is 1. The third-order valence-corrected chi connectivity index (χ3v) is 3.20. The van der Waals surface area contributed by atoms with Gasteiger partial charge in [0.2, 0.25) is 0 Å². The number of hydrogen-bond acceptors (Lipinski definition) is 2. The van der Waals surface area contributed by atoms with Crippen molar-refractivity contribution in [3.8, 4) is 0 Å². The lowest BCUT2D eigenvalue weighted by Crippen LogP contribution is -2.24. The molecule has 1 aliphatic rings. The molecule has 82 valence electrons. The molecule has 1 atom stereocenters. The number of pyridine rings is 1. The third-order valence-electron chi connectivity index (χ3n) is 3.20. The smallest absolute Gasteiger partial charge is 0.0305 e. The first-order chi connectivity index (χ1) is 7.27. The maximum Gasteiger partial charge on any atom is 0.0305 e. The Morgan fingerprint density at radius 1 is 1.53 bits per heavy atom. The largest absolute Gasteiger partial charge is 0.314 e. The van der Waals surface area contributed by atoms with Gasteiger partial charge in [0.1, 0.15) is 0 Å². The zero-order valence-corrected chi connectivity index (χ0v) is 9.66. The first-order valence-corrected chi connectivity index (χ1v) is 5.93. The molecule has 1 fully saturated rings. The van der Waals surface area contributed by atoms with Crippen LogP contribution >= 0.6 is 0 Å². The summed E-state index contributed by atoms with van der Waals surface area (Å²) in [7, 11) is 0. The Morgan fingerprint density at radius 3 is 3.07 bits per heavy atom. The van der Waals surface area contributed by atoms with E-state index in [0.29, 0.717) is 12.0 Å². The Hall–Kier alpha value is -0.890. The van der Waals surface area contributed by atoms with E-state index in [4.69, 9.17) is 0 Å². The Bertz CT molecular complexity index is 314. The molecule has 0 radical (unpaired) electrons. The Kier molecular flexibility index (Phi) is 3.37. The first-order valence-electron chi connectivity index (χ1n) is 5.93. The monoisotopic (exact) mass is 204 g/mol. The Labute approximate surface area is 92.1 Å². The lowest BCUT2D eigenvalue weighted by atomic mass is 9.95. The van der Waals surface area contributed by atoms with Crippen LogP contribution in [0.25, 0.3) is 0 Å². The van der Waals surface area contributed by atoms with Crippen molar-refractivity contribution in [2.75, 3.05) is 6.54 Å².